The van der Waals surface area contributed by atoms with Crippen molar-refractivity contribution in [3.8, 4) is 5.75 Å². The molecule has 0 saturated carbocycles. The van der Waals surface area contributed by atoms with Crippen molar-refractivity contribution in [2.75, 3.05) is 18.6 Å². The number of aromatic nitrogens is 2. The monoisotopic (exact) mass is 410 g/mol. The third kappa shape index (κ3) is 4.52. The molecular weight excluding hydrogens is 389 g/mol. The number of anilines is 1. The molecule has 1 unspecified atom stereocenters. The zero-order valence-electron chi connectivity index (χ0n) is 15.8. The number of primary amides is 1. The molecule has 1 aromatic heterocycles. The minimum atomic E-state index is -4.24. The van der Waals surface area contributed by atoms with Crippen LogP contribution in [-0.4, -0.2) is 41.2 Å². The Kier molecular flexibility index (Phi) is 5.81. The van der Waals surface area contributed by atoms with Crippen LogP contribution in [0.3, 0.4) is 0 Å². The Hall–Kier alpha value is -3.04. The second kappa shape index (κ2) is 8.14. The van der Waals surface area contributed by atoms with Crippen molar-refractivity contribution >= 4 is 17.5 Å². The molecule has 1 atom stereocenters. The summed E-state index contributed by atoms with van der Waals surface area (Å²) in [5, 5.41) is 0. The van der Waals surface area contributed by atoms with Crippen LogP contribution in [0.15, 0.2) is 30.5 Å². The van der Waals surface area contributed by atoms with Gasteiger partial charge < -0.3 is 19.9 Å². The predicted molar refractivity (Wildman–Crippen MR) is 98.6 cm³/mol. The number of amides is 2. The quantitative estimate of drug-likeness (QED) is 0.782. The van der Waals surface area contributed by atoms with Crippen LogP contribution in [0.5, 0.6) is 5.75 Å². The molecule has 0 aliphatic carbocycles. The molecule has 156 valence electrons. The van der Waals surface area contributed by atoms with E-state index in [1.165, 1.54) is 10.8 Å². The first-order chi connectivity index (χ1) is 13.7. The van der Waals surface area contributed by atoms with Crippen molar-refractivity contribution in [2.24, 2.45) is 11.7 Å². The number of imidazole rings is 1. The molecule has 1 aromatic carbocycles. The molecule has 0 bridgehead atoms. The van der Waals surface area contributed by atoms with E-state index in [4.69, 9.17) is 10.5 Å². The van der Waals surface area contributed by atoms with Crippen LogP contribution in [0.25, 0.3) is 0 Å². The molecule has 29 heavy (non-hydrogen) atoms. The zero-order valence-corrected chi connectivity index (χ0v) is 15.8. The minimum absolute atomic E-state index is 0.0351. The lowest BCUT2D eigenvalue weighted by atomic mass is 9.97. The number of nitrogens with two attached hydrogens (primary N) is 1. The van der Waals surface area contributed by atoms with Crippen molar-refractivity contribution in [3.63, 3.8) is 0 Å². The molecule has 2 aromatic rings. The number of benzene rings is 1. The number of carbonyl (C=O) groups is 2. The maximum atomic E-state index is 12.5. The highest BCUT2D eigenvalue weighted by Gasteiger charge is 2.42. The molecule has 0 spiro atoms. The molecule has 10 heteroatoms. The minimum Gasteiger partial charge on any atom is -0.491 e. The molecule has 2 aliphatic heterocycles. The van der Waals surface area contributed by atoms with Crippen LogP contribution in [-0.2, 0) is 17.8 Å². The van der Waals surface area contributed by atoms with Crippen LogP contribution in [0.1, 0.15) is 29.2 Å². The summed E-state index contributed by atoms with van der Waals surface area (Å²) >= 11 is 0. The van der Waals surface area contributed by atoms with Gasteiger partial charge in [-0.15, -0.1) is 0 Å². The van der Waals surface area contributed by atoms with Crippen LogP contribution < -0.4 is 15.4 Å². The molecule has 2 amide bonds. The van der Waals surface area contributed by atoms with Crippen LogP contribution in [0.2, 0.25) is 0 Å². The number of aryl methyl sites for hydroxylation is 1. The Labute approximate surface area is 165 Å². The van der Waals surface area contributed by atoms with Crippen LogP contribution >= 0.6 is 0 Å². The third-order valence-corrected chi connectivity index (χ3v) is 4.95. The van der Waals surface area contributed by atoms with E-state index < -0.39 is 18.0 Å². The predicted octanol–water partition coefficient (Wildman–Crippen LogP) is 2.54. The lowest BCUT2D eigenvalue weighted by Crippen LogP contribution is -2.33. The number of alkyl halides is 3. The summed E-state index contributed by atoms with van der Waals surface area (Å²) in [6.07, 6.45) is -2.08. The van der Waals surface area contributed by atoms with E-state index in [-0.39, 0.29) is 31.1 Å². The fraction of sp³-hybridized carbons (Fsp3) is 0.421. The van der Waals surface area contributed by atoms with Crippen molar-refractivity contribution in [1.29, 1.82) is 0 Å². The number of nitrogens with zero attached hydrogens (tertiary/aromatic N) is 3. The van der Waals surface area contributed by atoms with E-state index in [9.17, 15) is 22.8 Å². The Morgan fingerprint density at radius 1 is 1.28 bits per heavy atom. The molecule has 0 radical (unpaired) electrons. The smallest absolute Gasteiger partial charge is 0.393 e. The van der Waals surface area contributed by atoms with Gasteiger partial charge in [0.15, 0.2) is 5.82 Å². The number of halogens is 3. The fourth-order valence-corrected chi connectivity index (χ4v) is 3.32. The molecule has 4 rings (SSSR count). The maximum Gasteiger partial charge on any atom is 0.393 e. The van der Waals surface area contributed by atoms with E-state index in [0.717, 1.165) is 11.4 Å². The standard InChI is InChI=1S/C10H11NO2.C9H10F3N3O/c1-11-8-4-2-3-5-9(8)13-7-6-10(11)12;10-9(11,12)5-1-2-6-3-14-8(7(13)16)15(6)4-5/h2-5H,6-7H2,1H3;3,5H,1-2,4H2,(H2,13,16). The summed E-state index contributed by atoms with van der Waals surface area (Å²) in [6, 6.07) is 7.57. The zero-order chi connectivity index (χ0) is 21.2. The van der Waals surface area contributed by atoms with E-state index in [1.54, 1.807) is 11.9 Å². The van der Waals surface area contributed by atoms with E-state index >= 15 is 0 Å². The summed E-state index contributed by atoms with van der Waals surface area (Å²) in [6.45, 7) is 0.206. The van der Waals surface area contributed by atoms with Crippen molar-refractivity contribution < 1.29 is 27.5 Å². The van der Waals surface area contributed by atoms with Crippen molar-refractivity contribution in [1.82, 2.24) is 9.55 Å². The number of ether oxygens (including phenoxy) is 1. The lowest BCUT2D eigenvalue weighted by molar-refractivity contribution is -0.182. The summed E-state index contributed by atoms with van der Waals surface area (Å²) < 4.78 is 44.3. The summed E-state index contributed by atoms with van der Waals surface area (Å²) in [4.78, 5) is 27.7. The molecular formula is C19H21F3N4O3. The number of carbonyl (C=O) groups excluding carboxylic acids is 2. The fourth-order valence-electron chi connectivity index (χ4n) is 3.32. The number of hydrogen-bond donors (Lipinski definition) is 1. The van der Waals surface area contributed by atoms with Gasteiger partial charge >= 0.3 is 6.18 Å². The summed E-state index contributed by atoms with van der Waals surface area (Å²) in [5.74, 6) is -1.42. The highest BCUT2D eigenvalue weighted by atomic mass is 19.4. The normalized spacial score (nSPS) is 18.6. The largest absolute Gasteiger partial charge is 0.491 e. The highest BCUT2D eigenvalue weighted by Crippen LogP contribution is 2.34. The first-order valence-electron chi connectivity index (χ1n) is 9.07. The topological polar surface area (TPSA) is 90.4 Å². The molecule has 7 nitrogen and oxygen atoms in total. The second-order valence-electron chi connectivity index (χ2n) is 6.84. The SMILES string of the molecule is CN1C(=O)CCOc2ccccc21.NC(=O)c1ncc2n1CC(C(F)(F)F)CC2. The van der Waals surface area contributed by atoms with Gasteiger partial charge in [-0.25, -0.2) is 4.98 Å². The summed E-state index contributed by atoms with van der Waals surface area (Å²) in [5.41, 5.74) is 6.52. The van der Waals surface area contributed by atoms with Crippen LogP contribution in [0.4, 0.5) is 18.9 Å². The first kappa shape index (κ1) is 20.7. The first-order valence-corrected chi connectivity index (χ1v) is 9.07. The molecule has 3 heterocycles. The van der Waals surface area contributed by atoms with Crippen molar-refractivity contribution in [2.45, 2.75) is 32.0 Å². The van der Waals surface area contributed by atoms with Gasteiger partial charge in [0, 0.05) is 25.5 Å². The molecule has 2 aliphatic rings. The molecule has 0 fully saturated rings. The maximum absolute atomic E-state index is 12.5. The van der Waals surface area contributed by atoms with Crippen molar-refractivity contribution in [3.05, 3.63) is 42.0 Å². The van der Waals surface area contributed by atoms with E-state index in [1.807, 2.05) is 24.3 Å². The van der Waals surface area contributed by atoms with E-state index in [2.05, 4.69) is 4.98 Å². The molecule has 0 saturated heterocycles. The Morgan fingerprint density at radius 3 is 2.69 bits per heavy atom. The number of fused-ring (bicyclic) bond motifs is 2. The number of hydrogen-bond acceptors (Lipinski definition) is 4. The van der Waals surface area contributed by atoms with E-state index in [0.29, 0.717) is 18.7 Å². The molecule has 2 N–H and O–H groups in total. The second-order valence-corrected chi connectivity index (χ2v) is 6.84. The summed E-state index contributed by atoms with van der Waals surface area (Å²) in [7, 11) is 1.77. The third-order valence-electron chi connectivity index (χ3n) is 4.95. The number of para-hydroxylation sites is 2. The van der Waals surface area contributed by atoms with Gasteiger partial charge in [-0.2, -0.15) is 13.2 Å². The highest BCUT2D eigenvalue weighted by molar-refractivity contribution is 5.95. The van der Waals surface area contributed by atoms with Crippen LogP contribution in [0, 0.1) is 5.92 Å². The number of rotatable bonds is 1. The Bertz CT molecular complexity index is 910. The van der Waals surface area contributed by atoms with Gasteiger partial charge in [0.25, 0.3) is 5.91 Å². The van der Waals surface area contributed by atoms with Gasteiger partial charge in [0.05, 0.1) is 24.6 Å². The lowest BCUT2D eigenvalue weighted by Gasteiger charge is -2.26. The van der Waals surface area contributed by atoms with Gasteiger partial charge in [-0.05, 0) is 25.0 Å². The van der Waals surface area contributed by atoms with Gasteiger partial charge in [-0.3, -0.25) is 9.59 Å². The average molecular weight is 410 g/mol. The van der Waals surface area contributed by atoms with Gasteiger partial charge in [0.1, 0.15) is 5.75 Å². The Morgan fingerprint density at radius 2 is 2.00 bits per heavy atom. The van der Waals surface area contributed by atoms with Gasteiger partial charge in [0.2, 0.25) is 5.91 Å². The Balaban J connectivity index is 0.000000169. The average Bonchev–Trinajstić information content (AvgIpc) is 3.05. The van der Waals surface area contributed by atoms with Gasteiger partial charge in [-0.1, -0.05) is 12.1 Å².